The Morgan fingerprint density at radius 3 is 2.58 bits per heavy atom. The summed E-state index contributed by atoms with van der Waals surface area (Å²) in [5, 5.41) is 0. The van der Waals surface area contributed by atoms with Gasteiger partial charge in [0.1, 0.15) is 17.3 Å². The summed E-state index contributed by atoms with van der Waals surface area (Å²) in [4.78, 5) is 15.2. The van der Waals surface area contributed by atoms with Gasteiger partial charge in [0.2, 0.25) is 0 Å². The molecule has 0 aliphatic carbocycles. The number of rotatable bonds is 5. The van der Waals surface area contributed by atoms with E-state index >= 15 is 0 Å². The predicted molar refractivity (Wildman–Crippen MR) is 76.7 cm³/mol. The van der Waals surface area contributed by atoms with E-state index in [4.69, 9.17) is 10.5 Å². The SMILES string of the molecule is C=N/C(C(N)=O)=C(\C(=C)S)c1ccc(F)cc1OC. The van der Waals surface area contributed by atoms with Crippen LogP contribution >= 0.6 is 12.6 Å². The van der Waals surface area contributed by atoms with Crippen LogP contribution in [0, 0.1) is 5.82 Å². The minimum absolute atomic E-state index is 0.107. The fourth-order valence-electron chi connectivity index (χ4n) is 1.57. The lowest BCUT2D eigenvalue weighted by Gasteiger charge is -2.13. The fraction of sp³-hybridized carbons (Fsp3) is 0.0769. The van der Waals surface area contributed by atoms with Crippen molar-refractivity contribution in [3.63, 3.8) is 0 Å². The second-order valence-corrected chi connectivity index (χ2v) is 4.08. The largest absolute Gasteiger partial charge is 0.496 e. The number of carbonyl (C=O) groups excluding carboxylic acids is 1. The number of primary amides is 1. The summed E-state index contributed by atoms with van der Waals surface area (Å²) in [6, 6.07) is 3.82. The summed E-state index contributed by atoms with van der Waals surface area (Å²) >= 11 is 4.11. The summed E-state index contributed by atoms with van der Waals surface area (Å²) in [5.74, 6) is -1.05. The first kappa shape index (κ1) is 15.0. The topological polar surface area (TPSA) is 64.7 Å². The number of hydrogen-bond acceptors (Lipinski definition) is 4. The number of thiol groups is 1. The molecule has 1 amide bonds. The maximum Gasteiger partial charge on any atom is 0.267 e. The smallest absolute Gasteiger partial charge is 0.267 e. The molecule has 6 heteroatoms. The number of aliphatic imine (C=N–C) groups is 1. The molecule has 2 N–H and O–H groups in total. The number of hydrogen-bond donors (Lipinski definition) is 2. The summed E-state index contributed by atoms with van der Waals surface area (Å²) in [5.41, 5.74) is 5.78. The van der Waals surface area contributed by atoms with Crippen molar-refractivity contribution >= 4 is 30.8 Å². The van der Waals surface area contributed by atoms with Gasteiger partial charge in [-0.25, -0.2) is 4.39 Å². The number of halogens is 1. The normalized spacial score (nSPS) is 11.5. The lowest BCUT2D eigenvalue weighted by molar-refractivity contribution is -0.114. The molecule has 0 saturated carbocycles. The first-order valence-electron chi connectivity index (χ1n) is 5.15. The van der Waals surface area contributed by atoms with Crippen molar-refractivity contribution < 1.29 is 13.9 Å². The van der Waals surface area contributed by atoms with E-state index in [0.29, 0.717) is 5.56 Å². The Labute approximate surface area is 115 Å². The molecule has 0 saturated heterocycles. The van der Waals surface area contributed by atoms with E-state index in [2.05, 4.69) is 30.9 Å². The Morgan fingerprint density at radius 1 is 1.53 bits per heavy atom. The van der Waals surface area contributed by atoms with Crippen molar-refractivity contribution in [1.82, 2.24) is 0 Å². The van der Waals surface area contributed by atoms with Crippen LogP contribution in [0.3, 0.4) is 0 Å². The molecule has 1 rings (SSSR count). The zero-order valence-corrected chi connectivity index (χ0v) is 11.2. The van der Waals surface area contributed by atoms with Crippen molar-refractivity contribution in [2.45, 2.75) is 0 Å². The zero-order valence-electron chi connectivity index (χ0n) is 10.3. The molecule has 4 nitrogen and oxygen atoms in total. The Balaban J connectivity index is 3.65. The second kappa shape index (κ2) is 6.19. The highest BCUT2D eigenvalue weighted by molar-refractivity contribution is 7.85. The van der Waals surface area contributed by atoms with Crippen LogP contribution in [0.25, 0.3) is 5.57 Å². The Kier molecular flexibility index (Phi) is 4.88. The van der Waals surface area contributed by atoms with Gasteiger partial charge in [0.05, 0.1) is 7.11 Å². The Hall–Kier alpha value is -2.08. The number of amides is 1. The summed E-state index contributed by atoms with van der Waals surface area (Å²) < 4.78 is 18.2. The third kappa shape index (κ3) is 3.23. The van der Waals surface area contributed by atoms with Gasteiger partial charge in [-0.1, -0.05) is 6.58 Å². The molecule has 0 unspecified atom stereocenters. The second-order valence-electron chi connectivity index (χ2n) is 3.54. The first-order chi connectivity index (χ1) is 8.92. The predicted octanol–water partition coefficient (Wildman–Crippen LogP) is 2.17. The molecule has 1 aromatic carbocycles. The molecule has 0 fully saturated rings. The van der Waals surface area contributed by atoms with Gasteiger partial charge in [-0.05, 0) is 18.9 Å². The average molecular weight is 280 g/mol. The highest BCUT2D eigenvalue weighted by Crippen LogP contribution is 2.35. The van der Waals surface area contributed by atoms with E-state index in [1.54, 1.807) is 0 Å². The molecule has 1 aromatic rings. The van der Waals surface area contributed by atoms with Crippen LogP contribution in [0.15, 0.2) is 40.4 Å². The molecular weight excluding hydrogens is 267 g/mol. The van der Waals surface area contributed by atoms with E-state index in [-0.39, 0.29) is 21.9 Å². The van der Waals surface area contributed by atoms with Crippen LogP contribution < -0.4 is 10.5 Å². The van der Waals surface area contributed by atoms with Gasteiger partial charge in [-0.3, -0.25) is 9.79 Å². The molecular formula is C13H13FN2O2S. The third-order valence-corrected chi connectivity index (χ3v) is 2.57. The van der Waals surface area contributed by atoms with Crippen LogP contribution in [0.4, 0.5) is 4.39 Å². The average Bonchev–Trinajstić information content (AvgIpc) is 2.35. The molecule has 0 aromatic heterocycles. The van der Waals surface area contributed by atoms with Gasteiger partial charge in [0, 0.05) is 22.1 Å². The van der Waals surface area contributed by atoms with Gasteiger partial charge in [-0.2, -0.15) is 0 Å². The molecule has 0 spiro atoms. The first-order valence-corrected chi connectivity index (χ1v) is 5.60. The highest BCUT2D eigenvalue weighted by atomic mass is 32.1. The number of benzene rings is 1. The van der Waals surface area contributed by atoms with Crippen molar-refractivity contribution in [3.05, 3.63) is 46.8 Å². The third-order valence-electron chi connectivity index (χ3n) is 2.35. The molecule has 0 atom stereocenters. The highest BCUT2D eigenvalue weighted by Gasteiger charge is 2.18. The number of methoxy groups -OCH3 is 1. The van der Waals surface area contributed by atoms with Crippen molar-refractivity contribution in [2.75, 3.05) is 7.11 Å². The summed E-state index contributed by atoms with van der Waals surface area (Å²) in [6.07, 6.45) is 0. The van der Waals surface area contributed by atoms with Crippen molar-refractivity contribution in [1.29, 1.82) is 0 Å². The maximum atomic E-state index is 13.2. The minimum Gasteiger partial charge on any atom is -0.496 e. The molecule has 0 bridgehead atoms. The van der Waals surface area contributed by atoms with E-state index in [0.717, 1.165) is 0 Å². The van der Waals surface area contributed by atoms with E-state index in [9.17, 15) is 9.18 Å². The number of nitrogens with two attached hydrogens (primary N) is 1. The number of nitrogens with zero attached hydrogens (tertiary/aromatic N) is 1. The number of allylic oxidation sites excluding steroid dienone is 1. The molecule has 0 radical (unpaired) electrons. The van der Waals surface area contributed by atoms with Gasteiger partial charge in [0.15, 0.2) is 0 Å². The van der Waals surface area contributed by atoms with Gasteiger partial charge < -0.3 is 10.5 Å². The van der Waals surface area contributed by atoms with Gasteiger partial charge >= 0.3 is 0 Å². The minimum atomic E-state index is -0.786. The Morgan fingerprint density at radius 2 is 2.16 bits per heavy atom. The molecule has 19 heavy (non-hydrogen) atoms. The fourth-order valence-corrected chi connectivity index (χ4v) is 1.80. The van der Waals surface area contributed by atoms with E-state index in [1.165, 1.54) is 25.3 Å². The zero-order chi connectivity index (χ0) is 14.6. The van der Waals surface area contributed by atoms with Gasteiger partial charge in [0.25, 0.3) is 5.91 Å². The quantitative estimate of drug-likeness (QED) is 0.376. The van der Waals surface area contributed by atoms with Crippen LogP contribution in [-0.2, 0) is 4.79 Å². The van der Waals surface area contributed by atoms with Crippen LogP contribution in [-0.4, -0.2) is 19.7 Å². The van der Waals surface area contributed by atoms with Crippen LogP contribution in [0.5, 0.6) is 5.75 Å². The summed E-state index contributed by atoms with van der Waals surface area (Å²) in [7, 11) is 1.38. The molecule has 0 aliphatic heterocycles. The molecule has 0 aliphatic rings. The lowest BCUT2D eigenvalue weighted by Crippen LogP contribution is -2.14. The monoisotopic (exact) mass is 280 g/mol. The van der Waals surface area contributed by atoms with Crippen LogP contribution in [0.2, 0.25) is 0 Å². The van der Waals surface area contributed by atoms with Crippen molar-refractivity contribution in [3.8, 4) is 5.75 Å². The number of carbonyl (C=O) groups is 1. The standard InChI is InChI=1S/C13H13FN2O2S/c1-7(19)11(12(16-2)13(15)17)9-5-4-8(14)6-10(9)18-3/h4-6,19H,1-2H2,3H3,(H2,15,17)/b12-11+. The Bertz CT molecular complexity index is 582. The van der Waals surface area contributed by atoms with Crippen LogP contribution in [0.1, 0.15) is 5.56 Å². The maximum absolute atomic E-state index is 13.2. The van der Waals surface area contributed by atoms with E-state index in [1.807, 2.05) is 0 Å². The molecule has 0 heterocycles. The van der Waals surface area contributed by atoms with Gasteiger partial charge in [-0.15, -0.1) is 12.6 Å². The lowest BCUT2D eigenvalue weighted by atomic mass is 10.0. The molecule has 100 valence electrons. The van der Waals surface area contributed by atoms with E-state index < -0.39 is 11.7 Å². The summed E-state index contributed by atoms with van der Waals surface area (Å²) in [6.45, 7) is 6.93. The number of ether oxygens (including phenoxy) is 1. The van der Waals surface area contributed by atoms with Crippen molar-refractivity contribution in [2.24, 2.45) is 10.7 Å².